The number of hydrogen-bond donors (Lipinski definition) is 4. The van der Waals surface area contributed by atoms with E-state index < -0.39 is 87.5 Å². The number of likely N-dealkylation sites (tertiary alicyclic amines) is 1. The Bertz CT molecular complexity index is 1530. The van der Waals surface area contributed by atoms with Crippen LogP contribution in [0, 0.1) is 22.7 Å². The molecule has 1 fully saturated rings. The van der Waals surface area contributed by atoms with Crippen LogP contribution in [0.25, 0.3) is 0 Å². The Morgan fingerprint density at radius 2 is 1.57 bits per heavy atom. The van der Waals surface area contributed by atoms with Crippen LogP contribution in [0.3, 0.4) is 0 Å². The number of amides is 5. The number of urea groups is 1. The van der Waals surface area contributed by atoms with Gasteiger partial charge in [0.15, 0.2) is 0 Å². The van der Waals surface area contributed by atoms with Crippen LogP contribution in [0.4, 0.5) is 13.6 Å². The van der Waals surface area contributed by atoms with E-state index in [1.807, 2.05) is 84.0 Å². The molecule has 12 nitrogen and oxygen atoms in total. The molecule has 1 saturated heterocycles. The van der Waals surface area contributed by atoms with Gasteiger partial charge in [0, 0.05) is 45.1 Å². The summed E-state index contributed by atoms with van der Waals surface area (Å²) < 4.78 is 53.0. The standard InChI is InChI=1S/C38H62F2N6O6S/c1-24(2)17-18-27-19-20-46(31(27)34(48)42-28(21-30(39)40)33(47)41-22-25(3)26-15-13-12-14-16-26)35(49)32(38(7,8)9)44-36(50)43-29(37(4,5)6)23-45(10)53(11,51)52/h12-18,24-25,27-32H,19-23H2,1-11H3,(H,41,47)(H,42,48)(H2,43,44,50)/t25?,27?,28-,29+,31-,32+/m0/s1. The molecule has 1 aromatic carbocycles. The van der Waals surface area contributed by atoms with Crippen molar-refractivity contribution in [3.63, 3.8) is 0 Å². The van der Waals surface area contributed by atoms with Crippen molar-refractivity contribution in [2.24, 2.45) is 22.7 Å². The predicted octanol–water partition coefficient (Wildman–Crippen LogP) is 4.50. The summed E-state index contributed by atoms with van der Waals surface area (Å²) in [6.45, 7) is 16.9. The number of hydrogen-bond acceptors (Lipinski definition) is 6. The highest BCUT2D eigenvalue weighted by molar-refractivity contribution is 7.88. The Balaban J connectivity index is 2.38. The molecule has 1 aromatic rings. The van der Waals surface area contributed by atoms with Crippen molar-refractivity contribution in [2.75, 3.05) is 32.9 Å². The number of benzene rings is 1. The molecule has 0 aromatic heterocycles. The quantitative estimate of drug-likeness (QED) is 0.182. The highest BCUT2D eigenvalue weighted by Gasteiger charge is 2.46. The first-order chi connectivity index (χ1) is 24.3. The summed E-state index contributed by atoms with van der Waals surface area (Å²) >= 11 is 0. The van der Waals surface area contributed by atoms with Crippen LogP contribution >= 0.6 is 0 Å². The van der Waals surface area contributed by atoms with Crippen LogP contribution in [0.1, 0.15) is 86.6 Å². The summed E-state index contributed by atoms with van der Waals surface area (Å²) in [5.74, 6) is -2.54. The van der Waals surface area contributed by atoms with E-state index in [0.29, 0.717) is 6.42 Å². The molecule has 300 valence electrons. The molecule has 0 saturated carbocycles. The van der Waals surface area contributed by atoms with Crippen LogP contribution in [-0.4, -0.2) is 105 Å². The average molecular weight is 769 g/mol. The van der Waals surface area contributed by atoms with E-state index in [2.05, 4.69) is 21.3 Å². The first-order valence-corrected chi connectivity index (χ1v) is 20.1. The third-order valence-corrected chi connectivity index (χ3v) is 10.8. The first-order valence-electron chi connectivity index (χ1n) is 18.2. The third kappa shape index (κ3) is 14.3. The number of alkyl halides is 2. The number of carbonyl (C=O) groups is 4. The minimum absolute atomic E-state index is 0.0132. The number of likely N-dealkylation sites (N-methyl/N-ethyl adjacent to an activating group) is 1. The number of carbonyl (C=O) groups excluding carboxylic acids is 4. The highest BCUT2D eigenvalue weighted by Crippen LogP contribution is 2.31. The Morgan fingerprint density at radius 3 is 2.08 bits per heavy atom. The number of sulfonamides is 1. The average Bonchev–Trinajstić information content (AvgIpc) is 3.47. The van der Waals surface area contributed by atoms with Crippen molar-refractivity contribution < 1.29 is 36.4 Å². The molecule has 0 spiro atoms. The van der Waals surface area contributed by atoms with E-state index in [9.17, 15) is 36.4 Å². The van der Waals surface area contributed by atoms with Gasteiger partial charge in [0.05, 0.1) is 6.26 Å². The molecule has 2 rings (SSSR count). The van der Waals surface area contributed by atoms with Gasteiger partial charge in [0.1, 0.15) is 18.1 Å². The van der Waals surface area contributed by atoms with E-state index in [0.717, 1.165) is 16.1 Å². The molecule has 6 atom stereocenters. The maximum absolute atomic E-state index is 14.4. The lowest BCUT2D eigenvalue weighted by molar-refractivity contribution is -0.143. The molecular formula is C38H62F2N6O6S. The van der Waals surface area contributed by atoms with E-state index in [-0.39, 0.29) is 31.5 Å². The smallest absolute Gasteiger partial charge is 0.315 e. The molecule has 0 bridgehead atoms. The van der Waals surface area contributed by atoms with Gasteiger partial charge in [-0.1, -0.05) is 105 Å². The van der Waals surface area contributed by atoms with Crippen molar-refractivity contribution in [3.05, 3.63) is 48.0 Å². The second-order valence-corrected chi connectivity index (χ2v) is 18.8. The van der Waals surface area contributed by atoms with Gasteiger partial charge in [-0.15, -0.1) is 0 Å². The van der Waals surface area contributed by atoms with Crippen molar-refractivity contribution in [2.45, 2.75) is 112 Å². The van der Waals surface area contributed by atoms with Crippen LogP contribution < -0.4 is 21.3 Å². The molecular weight excluding hydrogens is 707 g/mol. The maximum atomic E-state index is 14.4. The Hall–Kier alpha value is -3.59. The SMILES string of the molecule is CC(C)C=CC1CCN(C(=O)[C@@H](NC(=O)N[C@H](CN(C)S(C)(=O)=O)C(C)(C)C)C(C)(C)C)[C@@H]1C(=O)N[C@@H](CC(F)F)C(=O)NCC(C)c1ccccc1. The van der Waals surface area contributed by atoms with Gasteiger partial charge in [-0.3, -0.25) is 14.4 Å². The second-order valence-electron chi connectivity index (χ2n) is 16.7. The molecule has 15 heteroatoms. The van der Waals surface area contributed by atoms with Gasteiger partial charge in [0.25, 0.3) is 0 Å². The van der Waals surface area contributed by atoms with Crippen LogP contribution in [-0.2, 0) is 24.4 Å². The zero-order valence-electron chi connectivity index (χ0n) is 33.2. The maximum Gasteiger partial charge on any atom is 0.315 e. The number of rotatable bonds is 16. The number of allylic oxidation sites excluding steroid dienone is 1. The lowest BCUT2D eigenvalue weighted by atomic mass is 9.85. The molecule has 53 heavy (non-hydrogen) atoms. The molecule has 0 radical (unpaired) electrons. The van der Waals surface area contributed by atoms with Gasteiger partial charge < -0.3 is 26.2 Å². The van der Waals surface area contributed by atoms with Crippen molar-refractivity contribution in [1.82, 2.24) is 30.5 Å². The molecule has 2 unspecified atom stereocenters. The largest absolute Gasteiger partial charge is 0.354 e. The van der Waals surface area contributed by atoms with Gasteiger partial charge in [0.2, 0.25) is 34.2 Å². The van der Waals surface area contributed by atoms with Gasteiger partial charge in [-0.2, -0.15) is 0 Å². The number of nitrogens with one attached hydrogen (secondary N) is 4. The Labute approximate surface area is 315 Å². The monoisotopic (exact) mass is 768 g/mol. The Morgan fingerprint density at radius 1 is 0.962 bits per heavy atom. The molecule has 5 amide bonds. The summed E-state index contributed by atoms with van der Waals surface area (Å²) in [5.41, 5.74) is -0.463. The van der Waals surface area contributed by atoms with Crippen LogP contribution in [0.5, 0.6) is 0 Å². The third-order valence-electron chi connectivity index (χ3n) is 9.48. The van der Waals surface area contributed by atoms with E-state index in [1.165, 1.54) is 11.9 Å². The fourth-order valence-corrected chi connectivity index (χ4v) is 6.40. The summed E-state index contributed by atoms with van der Waals surface area (Å²) in [7, 11) is -2.13. The molecule has 1 aliphatic rings. The summed E-state index contributed by atoms with van der Waals surface area (Å²) in [6, 6.07) is 4.21. The van der Waals surface area contributed by atoms with E-state index in [4.69, 9.17) is 0 Å². The Kier molecular flexibility index (Phi) is 16.5. The zero-order chi connectivity index (χ0) is 40.5. The summed E-state index contributed by atoms with van der Waals surface area (Å²) in [6.07, 6.45) is 1.39. The highest BCUT2D eigenvalue weighted by atomic mass is 32.2. The van der Waals surface area contributed by atoms with Gasteiger partial charge in [-0.05, 0) is 34.7 Å². The molecule has 1 heterocycles. The molecule has 0 aliphatic carbocycles. The number of nitrogens with zero attached hydrogens (tertiary/aromatic N) is 2. The van der Waals surface area contributed by atoms with Crippen LogP contribution in [0.15, 0.2) is 42.5 Å². The lowest BCUT2D eigenvalue weighted by Gasteiger charge is -2.38. The zero-order valence-corrected chi connectivity index (χ0v) is 34.0. The fourth-order valence-electron chi connectivity index (χ4n) is 5.98. The lowest BCUT2D eigenvalue weighted by Crippen LogP contribution is -2.62. The van der Waals surface area contributed by atoms with Crippen molar-refractivity contribution in [3.8, 4) is 0 Å². The topological polar surface area (TPSA) is 157 Å². The molecule has 4 N–H and O–H groups in total. The van der Waals surface area contributed by atoms with E-state index in [1.54, 1.807) is 20.8 Å². The van der Waals surface area contributed by atoms with Crippen molar-refractivity contribution in [1.29, 1.82) is 0 Å². The number of halogens is 2. The van der Waals surface area contributed by atoms with Crippen molar-refractivity contribution >= 4 is 33.8 Å². The normalized spacial score (nSPS) is 19.3. The predicted molar refractivity (Wildman–Crippen MR) is 204 cm³/mol. The van der Waals surface area contributed by atoms with Gasteiger partial charge >= 0.3 is 6.03 Å². The minimum atomic E-state index is -3.54. The molecule has 1 aliphatic heterocycles. The summed E-state index contributed by atoms with van der Waals surface area (Å²) in [4.78, 5) is 56.7. The fraction of sp³-hybridized carbons (Fsp3) is 0.684. The van der Waals surface area contributed by atoms with Crippen LogP contribution in [0.2, 0.25) is 0 Å². The summed E-state index contributed by atoms with van der Waals surface area (Å²) in [5, 5.41) is 10.9. The second kappa shape index (κ2) is 19.1. The van der Waals surface area contributed by atoms with E-state index >= 15 is 0 Å². The minimum Gasteiger partial charge on any atom is -0.354 e. The van der Waals surface area contributed by atoms with Gasteiger partial charge in [-0.25, -0.2) is 26.3 Å². The first kappa shape index (κ1) is 45.6.